The topological polar surface area (TPSA) is 25.2 Å². The first-order chi connectivity index (χ1) is 8.08. The average molecular weight is 306 g/mol. The largest absolute Gasteiger partial charge is 0.452 e. The van der Waals surface area contributed by atoms with Gasteiger partial charge in [-0.1, -0.05) is 0 Å². The van der Waals surface area contributed by atoms with E-state index in [0.29, 0.717) is 10.4 Å². The Morgan fingerprint density at radius 3 is 2.47 bits per heavy atom. The summed E-state index contributed by atoms with van der Waals surface area (Å²) in [6, 6.07) is 5.35. The van der Waals surface area contributed by atoms with E-state index < -0.39 is 17.5 Å². The molecule has 17 heavy (non-hydrogen) atoms. The van der Waals surface area contributed by atoms with Gasteiger partial charge in [-0.15, -0.1) is 0 Å². The van der Waals surface area contributed by atoms with Crippen LogP contribution < -0.4 is 5.32 Å². The van der Waals surface area contributed by atoms with Crippen LogP contribution in [0.3, 0.4) is 0 Å². The highest BCUT2D eigenvalue weighted by molar-refractivity contribution is 9.10. The molecule has 2 aromatic rings. The summed E-state index contributed by atoms with van der Waals surface area (Å²) < 4.78 is 44.5. The molecule has 1 aromatic carbocycles. The molecule has 1 N–H and O–H groups in total. The summed E-state index contributed by atoms with van der Waals surface area (Å²) in [6.07, 6.45) is 0. The smallest absolute Gasteiger partial charge is 0.196 e. The molecule has 0 aliphatic carbocycles. The normalized spacial score (nSPS) is 10.6. The van der Waals surface area contributed by atoms with Crippen molar-refractivity contribution in [2.24, 2.45) is 0 Å². The van der Waals surface area contributed by atoms with E-state index in [9.17, 15) is 13.2 Å². The number of hydrogen-bond acceptors (Lipinski definition) is 2. The minimum atomic E-state index is -1.49. The molecule has 0 atom stereocenters. The Morgan fingerprint density at radius 2 is 1.82 bits per heavy atom. The molecule has 2 rings (SSSR count). The first-order valence-corrected chi connectivity index (χ1v) is 5.49. The second-order valence-electron chi connectivity index (χ2n) is 3.28. The molecule has 0 aliphatic heterocycles. The van der Waals surface area contributed by atoms with Crippen molar-refractivity contribution in [2.45, 2.75) is 6.54 Å². The van der Waals surface area contributed by atoms with Crippen LogP contribution in [0.4, 0.5) is 18.9 Å². The summed E-state index contributed by atoms with van der Waals surface area (Å²) >= 11 is 3.12. The van der Waals surface area contributed by atoms with Gasteiger partial charge in [-0.05, 0) is 40.2 Å². The molecule has 0 radical (unpaired) electrons. The first kappa shape index (κ1) is 12.0. The lowest BCUT2D eigenvalue weighted by Gasteiger charge is -2.06. The van der Waals surface area contributed by atoms with Crippen molar-refractivity contribution >= 4 is 21.6 Å². The number of nitrogens with one attached hydrogen (secondary N) is 1. The average Bonchev–Trinajstić information content (AvgIpc) is 2.71. The Bertz CT molecular complexity index is 542. The van der Waals surface area contributed by atoms with Gasteiger partial charge in [0, 0.05) is 0 Å². The summed E-state index contributed by atoms with van der Waals surface area (Å²) in [6.45, 7) is 0.174. The molecular weight excluding hydrogens is 299 g/mol. The second kappa shape index (κ2) is 4.83. The SMILES string of the molecule is Fc1ccc(NCc2ccc(Br)o2)c(F)c1F. The molecule has 6 heteroatoms. The third-order valence-electron chi connectivity index (χ3n) is 2.12. The van der Waals surface area contributed by atoms with Gasteiger partial charge in [0.05, 0.1) is 12.2 Å². The van der Waals surface area contributed by atoms with Crippen LogP contribution >= 0.6 is 15.9 Å². The van der Waals surface area contributed by atoms with E-state index in [2.05, 4.69) is 21.2 Å². The Kier molecular flexibility index (Phi) is 3.42. The summed E-state index contributed by atoms with van der Waals surface area (Å²) in [5.41, 5.74) is -0.114. The van der Waals surface area contributed by atoms with E-state index in [-0.39, 0.29) is 12.2 Å². The number of halogens is 4. The van der Waals surface area contributed by atoms with Crippen molar-refractivity contribution in [3.63, 3.8) is 0 Å². The van der Waals surface area contributed by atoms with Crippen molar-refractivity contribution in [3.05, 3.63) is 52.1 Å². The standard InChI is InChI=1S/C11H7BrF3NO/c12-9-4-1-6(17-9)5-16-8-3-2-7(13)10(14)11(8)15/h1-4,16H,5H2. The van der Waals surface area contributed by atoms with Crippen LogP contribution in [0.5, 0.6) is 0 Å². The molecule has 0 bridgehead atoms. The number of furan rings is 1. The highest BCUT2D eigenvalue weighted by Gasteiger charge is 2.13. The van der Waals surface area contributed by atoms with Crippen LogP contribution in [-0.4, -0.2) is 0 Å². The van der Waals surface area contributed by atoms with E-state index in [1.807, 2.05) is 0 Å². The molecule has 0 spiro atoms. The van der Waals surface area contributed by atoms with Crippen LogP contribution in [0.1, 0.15) is 5.76 Å². The van der Waals surface area contributed by atoms with Gasteiger partial charge < -0.3 is 9.73 Å². The molecule has 90 valence electrons. The Hall–Kier alpha value is -1.43. The third kappa shape index (κ3) is 2.63. The first-order valence-electron chi connectivity index (χ1n) is 4.69. The van der Waals surface area contributed by atoms with Crippen LogP contribution in [0.25, 0.3) is 0 Å². The molecule has 0 fully saturated rings. The lowest BCUT2D eigenvalue weighted by atomic mass is 10.2. The predicted octanol–water partition coefficient (Wildman–Crippen LogP) is 4.07. The molecular formula is C11H7BrF3NO. The van der Waals surface area contributed by atoms with Crippen LogP contribution in [-0.2, 0) is 6.54 Å². The highest BCUT2D eigenvalue weighted by atomic mass is 79.9. The van der Waals surface area contributed by atoms with Gasteiger partial charge in [-0.2, -0.15) is 0 Å². The maximum Gasteiger partial charge on any atom is 0.196 e. The third-order valence-corrected chi connectivity index (χ3v) is 2.54. The molecule has 0 saturated heterocycles. The monoisotopic (exact) mass is 305 g/mol. The Labute approximate surface area is 104 Å². The van der Waals surface area contributed by atoms with Crippen molar-refractivity contribution in [2.75, 3.05) is 5.32 Å². The van der Waals surface area contributed by atoms with Crippen molar-refractivity contribution < 1.29 is 17.6 Å². The molecule has 0 unspecified atom stereocenters. The maximum atomic E-state index is 13.3. The fourth-order valence-electron chi connectivity index (χ4n) is 1.29. The van der Waals surface area contributed by atoms with Crippen molar-refractivity contribution in [1.29, 1.82) is 0 Å². The molecule has 1 heterocycles. The van der Waals surface area contributed by atoms with Crippen LogP contribution in [0.15, 0.2) is 33.4 Å². The molecule has 0 saturated carbocycles. The van der Waals surface area contributed by atoms with Gasteiger partial charge in [0.2, 0.25) is 0 Å². The van der Waals surface area contributed by atoms with E-state index in [1.165, 1.54) is 0 Å². The molecule has 1 aromatic heterocycles. The Balaban J connectivity index is 2.12. The van der Waals surface area contributed by atoms with Crippen molar-refractivity contribution in [1.82, 2.24) is 0 Å². The quantitative estimate of drug-likeness (QED) is 0.865. The van der Waals surface area contributed by atoms with E-state index in [4.69, 9.17) is 4.42 Å². The summed E-state index contributed by atoms with van der Waals surface area (Å²) in [5, 5.41) is 2.61. The predicted molar refractivity (Wildman–Crippen MR) is 60.1 cm³/mol. The lowest BCUT2D eigenvalue weighted by Crippen LogP contribution is -2.03. The number of benzene rings is 1. The lowest BCUT2D eigenvalue weighted by molar-refractivity contribution is 0.448. The maximum absolute atomic E-state index is 13.3. The zero-order valence-electron chi connectivity index (χ0n) is 8.44. The Morgan fingerprint density at radius 1 is 1.06 bits per heavy atom. The second-order valence-corrected chi connectivity index (χ2v) is 4.06. The highest BCUT2D eigenvalue weighted by Crippen LogP contribution is 2.21. The van der Waals surface area contributed by atoms with Gasteiger partial charge >= 0.3 is 0 Å². The van der Waals surface area contributed by atoms with E-state index in [1.54, 1.807) is 12.1 Å². The minimum absolute atomic E-state index is 0.114. The fraction of sp³-hybridized carbons (Fsp3) is 0.0909. The molecule has 2 nitrogen and oxygen atoms in total. The summed E-state index contributed by atoms with van der Waals surface area (Å²) in [7, 11) is 0. The number of hydrogen-bond donors (Lipinski definition) is 1. The summed E-state index contributed by atoms with van der Waals surface area (Å²) in [5.74, 6) is -3.40. The van der Waals surface area contributed by atoms with Crippen LogP contribution in [0, 0.1) is 17.5 Å². The van der Waals surface area contributed by atoms with Crippen molar-refractivity contribution in [3.8, 4) is 0 Å². The number of anilines is 1. The van der Waals surface area contributed by atoms with Crippen LogP contribution in [0.2, 0.25) is 0 Å². The van der Waals surface area contributed by atoms with Gasteiger partial charge in [-0.3, -0.25) is 0 Å². The van der Waals surface area contributed by atoms with E-state index in [0.717, 1.165) is 12.1 Å². The van der Waals surface area contributed by atoms with Gasteiger partial charge in [0.1, 0.15) is 5.76 Å². The number of rotatable bonds is 3. The molecule has 0 amide bonds. The molecule has 0 aliphatic rings. The van der Waals surface area contributed by atoms with Gasteiger partial charge in [0.15, 0.2) is 22.1 Å². The zero-order chi connectivity index (χ0) is 12.4. The van der Waals surface area contributed by atoms with E-state index >= 15 is 0 Å². The summed E-state index contributed by atoms with van der Waals surface area (Å²) in [4.78, 5) is 0. The van der Waals surface area contributed by atoms with Gasteiger partial charge in [0.25, 0.3) is 0 Å². The van der Waals surface area contributed by atoms with Gasteiger partial charge in [-0.25, -0.2) is 13.2 Å². The fourth-order valence-corrected chi connectivity index (χ4v) is 1.63. The zero-order valence-corrected chi connectivity index (χ0v) is 10.0. The minimum Gasteiger partial charge on any atom is -0.452 e.